The molecule has 2 rings (SSSR count). The van der Waals surface area contributed by atoms with Crippen molar-refractivity contribution in [1.82, 2.24) is 0 Å². The zero-order chi connectivity index (χ0) is 13.3. The molecular formula is C12H7BrF2O2S. The van der Waals surface area contributed by atoms with Crippen molar-refractivity contribution in [3.05, 3.63) is 50.1 Å². The standard InChI is InChI=1S/C12H7BrF2O2S/c1-17-8-5-6(4-7(14)11(8)15)12(16)9-2-3-10(13)18-9/h2-5H,1H3. The third-order valence-corrected chi connectivity index (χ3v) is 3.90. The predicted octanol–water partition coefficient (Wildman–Crippen LogP) is 4.03. The molecule has 1 aromatic heterocycles. The van der Waals surface area contributed by atoms with E-state index in [0.29, 0.717) is 4.88 Å². The monoisotopic (exact) mass is 332 g/mol. The molecule has 1 aromatic carbocycles. The molecule has 0 aliphatic rings. The summed E-state index contributed by atoms with van der Waals surface area (Å²) in [5.41, 5.74) is 0.0556. The Hall–Kier alpha value is -1.27. The highest BCUT2D eigenvalue weighted by Crippen LogP contribution is 2.27. The van der Waals surface area contributed by atoms with Gasteiger partial charge in [-0.2, -0.15) is 4.39 Å². The molecule has 0 aliphatic carbocycles. The van der Waals surface area contributed by atoms with Crippen molar-refractivity contribution >= 4 is 33.0 Å². The number of ether oxygens (including phenoxy) is 1. The molecule has 18 heavy (non-hydrogen) atoms. The van der Waals surface area contributed by atoms with Crippen molar-refractivity contribution in [1.29, 1.82) is 0 Å². The topological polar surface area (TPSA) is 26.3 Å². The Bertz CT molecular complexity index is 610. The van der Waals surface area contributed by atoms with Crippen molar-refractivity contribution in [3.63, 3.8) is 0 Å². The van der Waals surface area contributed by atoms with Gasteiger partial charge in [-0.3, -0.25) is 4.79 Å². The van der Waals surface area contributed by atoms with Crippen LogP contribution in [0.2, 0.25) is 0 Å². The quantitative estimate of drug-likeness (QED) is 0.793. The summed E-state index contributed by atoms with van der Waals surface area (Å²) in [5, 5.41) is 0. The molecule has 94 valence electrons. The van der Waals surface area contributed by atoms with Crippen molar-refractivity contribution in [2.45, 2.75) is 0 Å². The van der Waals surface area contributed by atoms with Crippen LogP contribution in [0.4, 0.5) is 8.78 Å². The molecule has 6 heteroatoms. The van der Waals surface area contributed by atoms with Gasteiger partial charge in [-0.15, -0.1) is 11.3 Å². The molecule has 2 nitrogen and oxygen atoms in total. The summed E-state index contributed by atoms with van der Waals surface area (Å²) in [4.78, 5) is 12.5. The number of thiophene rings is 1. The van der Waals surface area contributed by atoms with Gasteiger partial charge in [0.15, 0.2) is 11.6 Å². The average Bonchev–Trinajstić information content (AvgIpc) is 2.78. The Kier molecular flexibility index (Phi) is 3.77. The first-order chi connectivity index (χ1) is 8.52. The lowest BCUT2D eigenvalue weighted by Crippen LogP contribution is -2.02. The second-order valence-corrected chi connectivity index (χ2v) is 5.87. The van der Waals surface area contributed by atoms with Crippen molar-refractivity contribution in [2.75, 3.05) is 7.11 Å². The summed E-state index contributed by atoms with van der Waals surface area (Å²) in [6, 6.07) is 5.39. The third kappa shape index (κ3) is 2.44. The van der Waals surface area contributed by atoms with Crippen LogP contribution in [0.1, 0.15) is 15.2 Å². The molecule has 0 atom stereocenters. The van der Waals surface area contributed by atoms with E-state index < -0.39 is 11.6 Å². The molecule has 0 unspecified atom stereocenters. The highest BCUT2D eigenvalue weighted by atomic mass is 79.9. The van der Waals surface area contributed by atoms with Crippen LogP contribution in [0.5, 0.6) is 5.75 Å². The number of hydrogen-bond donors (Lipinski definition) is 0. The lowest BCUT2D eigenvalue weighted by molar-refractivity contribution is 0.104. The molecule has 0 saturated heterocycles. The minimum Gasteiger partial charge on any atom is -0.494 e. The van der Waals surface area contributed by atoms with E-state index in [1.54, 1.807) is 12.1 Å². The number of carbonyl (C=O) groups excluding carboxylic acids is 1. The summed E-state index contributed by atoms with van der Waals surface area (Å²) in [6.45, 7) is 0. The van der Waals surface area contributed by atoms with E-state index in [4.69, 9.17) is 0 Å². The number of methoxy groups -OCH3 is 1. The first kappa shape index (κ1) is 13.2. The van der Waals surface area contributed by atoms with Gasteiger partial charge in [0.2, 0.25) is 11.6 Å². The zero-order valence-electron chi connectivity index (χ0n) is 9.17. The van der Waals surface area contributed by atoms with Crippen LogP contribution in [0.3, 0.4) is 0 Å². The largest absolute Gasteiger partial charge is 0.494 e. The molecule has 0 saturated carbocycles. The molecule has 1 heterocycles. The van der Waals surface area contributed by atoms with E-state index >= 15 is 0 Å². The van der Waals surface area contributed by atoms with Gasteiger partial charge < -0.3 is 4.74 Å². The fourth-order valence-electron chi connectivity index (χ4n) is 1.42. The maximum Gasteiger partial charge on any atom is 0.203 e. The third-order valence-electron chi connectivity index (χ3n) is 2.27. The van der Waals surface area contributed by atoms with E-state index in [1.165, 1.54) is 24.5 Å². The van der Waals surface area contributed by atoms with Gasteiger partial charge in [-0.25, -0.2) is 4.39 Å². The minimum atomic E-state index is -1.10. The smallest absolute Gasteiger partial charge is 0.203 e. The van der Waals surface area contributed by atoms with E-state index in [-0.39, 0.29) is 17.1 Å². The highest BCUT2D eigenvalue weighted by Gasteiger charge is 2.17. The van der Waals surface area contributed by atoms with Crippen LogP contribution in [0.15, 0.2) is 28.1 Å². The number of carbonyl (C=O) groups is 1. The maximum absolute atomic E-state index is 13.3. The Labute approximate surface area is 114 Å². The first-order valence-corrected chi connectivity index (χ1v) is 6.47. The number of benzene rings is 1. The lowest BCUT2D eigenvalue weighted by atomic mass is 10.1. The number of rotatable bonds is 3. The number of halogens is 3. The van der Waals surface area contributed by atoms with Crippen LogP contribution >= 0.6 is 27.3 Å². The average molecular weight is 333 g/mol. The van der Waals surface area contributed by atoms with Crippen LogP contribution < -0.4 is 4.74 Å². The fourth-order valence-corrected chi connectivity index (χ4v) is 2.77. The van der Waals surface area contributed by atoms with Crippen molar-refractivity contribution < 1.29 is 18.3 Å². The zero-order valence-corrected chi connectivity index (χ0v) is 11.6. The molecule has 0 radical (unpaired) electrons. The molecule has 0 spiro atoms. The van der Waals surface area contributed by atoms with Gasteiger partial charge in [-0.1, -0.05) is 0 Å². The molecule has 0 bridgehead atoms. The summed E-state index contributed by atoms with van der Waals surface area (Å²) in [6.07, 6.45) is 0. The fraction of sp³-hybridized carbons (Fsp3) is 0.0833. The van der Waals surface area contributed by atoms with E-state index in [1.807, 2.05) is 0 Å². The van der Waals surface area contributed by atoms with Crippen LogP contribution in [0.25, 0.3) is 0 Å². The molecule has 2 aromatic rings. The Morgan fingerprint density at radius 2 is 2.06 bits per heavy atom. The van der Waals surface area contributed by atoms with Gasteiger partial charge >= 0.3 is 0 Å². The number of ketones is 1. The van der Waals surface area contributed by atoms with Crippen LogP contribution in [0, 0.1) is 11.6 Å². The van der Waals surface area contributed by atoms with Gasteiger partial charge in [0.1, 0.15) is 0 Å². The van der Waals surface area contributed by atoms with Gasteiger partial charge in [0.05, 0.1) is 15.8 Å². The van der Waals surface area contributed by atoms with E-state index in [0.717, 1.165) is 9.85 Å². The molecule has 0 amide bonds. The maximum atomic E-state index is 13.3. The Balaban J connectivity index is 2.45. The Morgan fingerprint density at radius 3 is 2.61 bits per heavy atom. The molecule has 0 N–H and O–H groups in total. The molecular weight excluding hydrogens is 326 g/mol. The van der Waals surface area contributed by atoms with Gasteiger partial charge in [0, 0.05) is 5.56 Å². The lowest BCUT2D eigenvalue weighted by Gasteiger charge is -2.05. The summed E-state index contributed by atoms with van der Waals surface area (Å²) in [7, 11) is 1.22. The normalized spacial score (nSPS) is 10.4. The Morgan fingerprint density at radius 1 is 1.33 bits per heavy atom. The highest BCUT2D eigenvalue weighted by molar-refractivity contribution is 9.11. The number of hydrogen-bond acceptors (Lipinski definition) is 3. The summed E-state index contributed by atoms with van der Waals surface area (Å²) >= 11 is 4.46. The van der Waals surface area contributed by atoms with Crippen LogP contribution in [-0.2, 0) is 0 Å². The summed E-state index contributed by atoms with van der Waals surface area (Å²) < 4.78 is 32.0. The molecule has 0 aliphatic heterocycles. The first-order valence-electron chi connectivity index (χ1n) is 4.86. The van der Waals surface area contributed by atoms with Crippen molar-refractivity contribution in [2.24, 2.45) is 0 Å². The minimum absolute atomic E-state index is 0.0556. The van der Waals surface area contributed by atoms with E-state index in [9.17, 15) is 13.6 Å². The second kappa shape index (κ2) is 5.16. The second-order valence-electron chi connectivity index (χ2n) is 3.41. The van der Waals surface area contributed by atoms with Crippen LogP contribution in [-0.4, -0.2) is 12.9 Å². The van der Waals surface area contributed by atoms with Crippen molar-refractivity contribution in [3.8, 4) is 5.75 Å². The predicted molar refractivity (Wildman–Crippen MR) is 68.4 cm³/mol. The molecule has 0 fully saturated rings. The SMILES string of the molecule is COc1cc(C(=O)c2ccc(Br)s2)cc(F)c1F. The summed E-state index contributed by atoms with van der Waals surface area (Å²) in [5.74, 6) is -2.85. The van der Waals surface area contributed by atoms with E-state index in [2.05, 4.69) is 20.7 Å². The van der Waals surface area contributed by atoms with Gasteiger partial charge in [-0.05, 0) is 40.2 Å². The van der Waals surface area contributed by atoms with Gasteiger partial charge in [0.25, 0.3) is 0 Å².